The fraction of sp³-hybridized carbons (Fsp3) is 0.889. The van der Waals surface area contributed by atoms with Crippen molar-refractivity contribution in [2.75, 3.05) is 13.1 Å². The number of carboxylic acid groups (broad SMARTS) is 1. The summed E-state index contributed by atoms with van der Waals surface area (Å²) in [4.78, 5) is 12.3. The van der Waals surface area contributed by atoms with Crippen LogP contribution in [0.1, 0.15) is 27.2 Å². The fourth-order valence-corrected chi connectivity index (χ4v) is 1.19. The van der Waals surface area contributed by atoms with Crippen molar-refractivity contribution in [3.8, 4) is 0 Å². The quantitative estimate of drug-likeness (QED) is 0.640. The number of nitrogens with zero attached hydrogens (tertiary/aromatic N) is 1. The Balaban J connectivity index is 4.14. The summed E-state index contributed by atoms with van der Waals surface area (Å²) in [5.41, 5.74) is 0. The molecule has 0 radical (unpaired) electrons. The zero-order valence-electron chi connectivity index (χ0n) is 8.53. The molecular weight excluding hydrogens is 170 g/mol. The first-order valence-electron chi connectivity index (χ1n) is 4.63. The van der Waals surface area contributed by atoms with Gasteiger partial charge in [-0.15, -0.1) is 0 Å². The molecule has 0 aromatic heterocycles. The average molecular weight is 189 g/mol. The first kappa shape index (κ1) is 12.4. The van der Waals surface area contributed by atoms with Crippen LogP contribution in [0.5, 0.6) is 0 Å². The Hall–Kier alpha value is -0.610. The summed E-state index contributed by atoms with van der Waals surface area (Å²) >= 11 is 0. The third kappa shape index (κ3) is 4.85. The summed E-state index contributed by atoms with van der Waals surface area (Å²) in [6.07, 6.45) is 0.399. The number of hydrogen-bond donors (Lipinski definition) is 2. The maximum atomic E-state index is 10.5. The second-order valence-corrected chi connectivity index (χ2v) is 3.35. The molecule has 4 nitrogen and oxygen atoms in total. The Kier molecular flexibility index (Phi) is 5.66. The highest BCUT2D eigenvalue weighted by atomic mass is 16.4. The van der Waals surface area contributed by atoms with Gasteiger partial charge in [-0.05, 0) is 26.8 Å². The van der Waals surface area contributed by atoms with Crippen molar-refractivity contribution in [3.63, 3.8) is 0 Å². The Morgan fingerprint density at radius 1 is 1.46 bits per heavy atom. The molecule has 0 saturated carbocycles. The van der Waals surface area contributed by atoms with E-state index in [1.807, 2.05) is 13.8 Å². The molecule has 2 unspecified atom stereocenters. The van der Waals surface area contributed by atoms with Gasteiger partial charge in [0.1, 0.15) is 0 Å². The first-order chi connectivity index (χ1) is 5.99. The van der Waals surface area contributed by atoms with Crippen LogP contribution in [0.4, 0.5) is 0 Å². The normalized spacial score (nSPS) is 15.8. The van der Waals surface area contributed by atoms with Crippen LogP contribution in [0, 0.1) is 0 Å². The third-order valence-electron chi connectivity index (χ3n) is 2.12. The molecule has 0 amide bonds. The van der Waals surface area contributed by atoms with Crippen molar-refractivity contribution < 1.29 is 15.0 Å². The third-order valence-corrected chi connectivity index (χ3v) is 2.12. The SMILES string of the molecule is CCCN(CC(=O)O)C(C)C(C)O. The van der Waals surface area contributed by atoms with E-state index >= 15 is 0 Å². The van der Waals surface area contributed by atoms with Crippen LogP contribution in [0.3, 0.4) is 0 Å². The Morgan fingerprint density at radius 3 is 2.31 bits per heavy atom. The van der Waals surface area contributed by atoms with E-state index in [-0.39, 0.29) is 12.6 Å². The van der Waals surface area contributed by atoms with Crippen molar-refractivity contribution in [2.24, 2.45) is 0 Å². The van der Waals surface area contributed by atoms with Crippen LogP contribution >= 0.6 is 0 Å². The van der Waals surface area contributed by atoms with E-state index in [0.29, 0.717) is 6.54 Å². The van der Waals surface area contributed by atoms with E-state index in [1.165, 1.54) is 0 Å². The number of carbonyl (C=O) groups is 1. The second-order valence-electron chi connectivity index (χ2n) is 3.35. The monoisotopic (exact) mass is 189 g/mol. The predicted molar refractivity (Wildman–Crippen MR) is 50.6 cm³/mol. The van der Waals surface area contributed by atoms with Crippen LogP contribution < -0.4 is 0 Å². The molecule has 0 spiro atoms. The molecule has 0 aromatic rings. The van der Waals surface area contributed by atoms with Gasteiger partial charge in [0.2, 0.25) is 0 Å². The van der Waals surface area contributed by atoms with E-state index in [0.717, 1.165) is 6.42 Å². The van der Waals surface area contributed by atoms with Crippen LogP contribution in [0.25, 0.3) is 0 Å². The lowest BCUT2D eigenvalue weighted by Crippen LogP contribution is -2.43. The smallest absolute Gasteiger partial charge is 0.317 e. The minimum absolute atomic E-state index is 0.0000926. The molecule has 0 saturated heterocycles. The standard InChI is InChI=1S/C9H19NO3/c1-4-5-10(6-9(12)13)7(2)8(3)11/h7-8,11H,4-6H2,1-3H3,(H,12,13). The van der Waals surface area contributed by atoms with E-state index in [9.17, 15) is 9.90 Å². The van der Waals surface area contributed by atoms with Crippen LogP contribution in [-0.4, -0.2) is 46.3 Å². The number of rotatable bonds is 6. The minimum atomic E-state index is -0.846. The number of aliphatic hydroxyl groups is 1. The van der Waals surface area contributed by atoms with Gasteiger partial charge in [-0.1, -0.05) is 6.92 Å². The number of hydrogen-bond acceptors (Lipinski definition) is 3. The van der Waals surface area contributed by atoms with Gasteiger partial charge >= 0.3 is 5.97 Å². The maximum absolute atomic E-state index is 10.5. The second kappa shape index (κ2) is 5.94. The molecule has 0 aliphatic heterocycles. The van der Waals surface area contributed by atoms with E-state index in [2.05, 4.69) is 0 Å². The zero-order chi connectivity index (χ0) is 10.4. The Labute approximate surface area is 79.2 Å². The summed E-state index contributed by atoms with van der Waals surface area (Å²) in [6.45, 7) is 6.21. The van der Waals surface area contributed by atoms with Gasteiger partial charge in [0, 0.05) is 6.04 Å². The topological polar surface area (TPSA) is 60.8 Å². The Bertz CT molecular complexity index is 159. The fourth-order valence-electron chi connectivity index (χ4n) is 1.19. The molecule has 0 aliphatic carbocycles. The maximum Gasteiger partial charge on any atom is 0.317 e. The van der Waals surface area contributed by atoms with Crippen molar-refractivity contribution in [3.05, 3.63) is 0 Å². The Morgan fingerprint density at radius 2 is 2.00 bits per heavy atom. The van der Waals surface area contributed by atoms with Crippen LogP contribution in [0.15, 0.2) is 0 Å². The van der Waals surface area contributed by atoms with E-state index in [1.54, 1.807) is 11.8 Å². The molecule has 2 N–H and O–H groups in total. The lowest BCUT2D eigenvalue weighted by molar-refractivity contribution is -0.139. The summed E-state index contributed by atoms with van der Waals surface area (Å²) in [5.74, 6) is -0.846. The summed E-state index contributed by atoms with van der Waals surface area (Å²) in [7, 11) is 0. The summed E-state index contributed by atoms with van der Waals surface area (Å²) in [6, 6.07) is -0.101. The predicted octanol–water partition coefficient (Wildman–Crippen LogP) is 0.552. The van der Waals surface area contributed by atoms with Gasteiger partial charge in [0.25, 0.3) is 0 Å². The van der Waals surface area contributed by atoms with Gasteiger partial charge < -0.3 is 10.2 Å². The van der Waals surface area contributed by atoms with E-state index < -0.39 is 12.1 Å². The minimum Gasteiger partial charge on any atom is -0.480 e. The molecule has 78 valence electrons. The van der Waals surface area contributed by atoms with Crippen molar-refractivity contribution in [2.45, 2.75) is 39.3 Å². The number of carboxylic acids is 1. The van der Waals surface area contributed by atoms with Gasteiger partial charge in [-0.3, -0.25) is 9.69 Å². The van der Waals surface area contributed by atoms with Gasteiger partial charge in [0.15, 0.2) is 0 Å². The lowest BCUT2D eigenvalue weighted by Gasteiger charge is -2.28. The molecule has 4 heteroatoms. The van der Waals surface area contributed by atoms with Gasteiger partial charge in [-0.2, -0.15) is 0 Å². The largest absolute Gasteiger partial charge is 0.480 e. The van der Waals surface area contributed by atoms with Crippen molar-refractivity contribution in [1.29, 1.82) is 0 Å². The highest BCUT2D eigenvalue weighted by Crippen LogP contribution is 2.04. The molecule has 0 bridgehead atoms. The van der Waals surface area contributed by atoms with Crippen LogP contribution in [-0.2, 0) is 4.79 Å². The summed E-state index contributed by atoms with van der Waals surface area (Å²) < 4.78 is 0. The van der Waals surface area contributed by atoms with Gasteiger partial charge in [-0.25, -0.2) is 0 Å². The number of aliphatic carboxylic acids is 1. The molecule has 0 aliphatic rings. The molecule has 13 heavy (non-hydrogen) atoms. The lowest BCUT2D eigenvalue weighted by atomic mass is 10.1. The zero-order valence-corrected chi connectivity index (χ0v) is 8.53. The van der Waals surface area contributed by atoms with Crippen molar-refractivity contribution >= 4 is 5.97 Å². The molecule has 2 atom stereocenters. The highest BCUT2D eigenvalue weighted by Gasteiger charge is 2.19. The molecule has 0 fully saturated rings. The molecule has 0 heterocycles. The van der Waals surface area contributed by atoms with E-state index in [4.69, 9.17) is 5.11 Å². The van der Waals surface area contributed by atoms with Crippen LogP contribution in [0.2, 0.25) is 0 Å². The first-order valence-corrected chi connectivity index (χ1v) is 4.63. The molecule has 0 rings (SSSR count). The highest BCUT2D eigenvalue weighted by molar-refractivity contribution is 5.69. The molecule has 0 aromatic carbocycles. The number of aliphatic hydroxyl groups excluding tert-OH is 1. The summed E-state index contributed by atoms with van der Waals surface area (Å²) in [5, 5.41) is 17.9. The molecular formula is C9H19NO3. The average Bonchev–Trinajstić information content (AvgIpc) is 2.01. The van der Waals surface area contributed by atoms with Gasteiger partial charge in [0.05, 0.1) is 12.6 Å². The van der Waals surface area contributed by atoms with Crippen molar-refractivity contribution in [1.82, 2.24) is 4.90 Å².